The van der Waals surface area contributed by atoms with Crippen molar-refractivity contribution in [1.29, 1.82) is 0 Å². The van der Waals surface area contributed by atoms with Crippen LogP contribution in [0.4, 0.5) is 5.69 Å². The summed E-state index contributed by atoms with van der Waals surface area (Å²) in [5.41, 5.74) is 1.43. The molecule has 128 valence electrons. The van der Waals surface area contributed by atoms with E-state index in [1.807, 2.05) is 24.3 Å². The SMILES string of the molecule is COc1ccc(C(=O)Nc2cccc3cccnc23)cc1S(C)(=O)=O. The second-order valence-corrected chi connectivity index (χ2v) is 7.46. The number of pyridine rings is 1. The first kappa shape index (κ1) is 16.9. The van der Waals surface area contributed by atoms with Gasteiger partial charge in [0.25, 0.3) is 5.91 Å². The minimum Gasteiger partial charge on any atom is -0.495 e. The van der Waals surface area contributed by atoms with Crippen LogP contribution in [0.15, 0.2) is 59.6 Å². The number of nitrogens with one attached hydrogen (secondary N) is 1. The van der Waals surface area contributed by atoms with E-state index >= 15 is 0 Å². The Balaban J connectivity index is 1.99. The van der Waals surface area contributed by atoms with Crippen molar-refractivity contribution in [1.82, 2.24) is 4.98 Å². The van der Waals surface area contributed by atoms with Gasteiger partial charge in [0, 0.05) is 23.4 Å². The second-order valence-electron chi connectivity index (χ2n) is 5.47. The van der Waals surface area contributed by atoms with Crippen molar-refractivity contribution < 1.29 is 17.9 Å². The van der Waals surface area contributed by atoms with Crippen LogP contribution in [0.3, 0.4) is 0 Å². The largest absolute Gasteiger partial charge is 0.495 e. The van der Waals surface area contributed by atoms with Crippen LogP contribution in [0.1, 0.15) is 10.4 Å². The Morgan fingerprint density at radius 2 is 1.88 bits per heavy atom. The van der Waals surface area contributed by atoms with Crippen molar-refractivity contribution >= 4 is 32.3 Å². The first-order chi connectivity index (χ1) is 11.9. The summed E-state index contributed by atoms with van der Waals surface area (Å²) in [6.45, 7) is 0. The Bertz CT molecular complexity index is 1060. The molecular weight excluding hydrogens is 340 g/mol. The number of hydrogen-bond acceptors (Lipinski definition) is 5. The van der Waals surface area contributed by atoms with Gasteiger partial charge in [0.1, 0.15) is 10.6 Å². The molecule has 0 atom stereocenters. The molecule has 0 unspecified atom stereocenters. The highest BCUT2D eigenvalue weighted by Gasteiger charge is 2.18. The zero-order valence-corrected chi connectivity index (χ0v) is 14.5. The van der Waals surface area contributed by atoms with E-state index in [4.69, 9.17) is 4.74 Å². The molecule has 6 nitrogen and oxygen atoms in total. The van der Waals surface area contributed by atoms with E-state index in [1.54, 1.807) is 12.3 Å². The lowest BCUT2D eigenvalue weighted by Gasteiger charge is -2.11. The van der Waals surface area contributed by atoms with E-state index in [0.717, 1.165) is 11.6 Å². The highest BCUT2D eigenvalue weighted by Crippen LogP contribution is 2.26. The zero-order chi connectivity index (χ0) is 18.0. The Morgan fingerprint density at radius 1 is 1.12 bits per heavy atom. The third-order valence-corrected chi connectivity index (χ3v) is 4.82. The number of amides is 1. The lowest BCUT2D eigenvalue weighted by Crippen LogP contribution is -2.13. The Hall–Kier alpha value is -2.93. The molecule has 0 aliphatic heterocycles. The van der Waals surface area contributed by atoms with E-state index in [0.29, 0.717) is 11.2 Å². The van der Waals surface area contributed by atoms with E-state index in [2.05, 4.69) is 10.3 Å². The summed E-state index contributed by atoms with van der Waals surface area (Å²) in [4.78, 5) is 16.8. The predicted octanol–water partition coefficient (Wildman–Crippen LogP) is 2.90. The molecule has 0 bridgehead atoms. The van der Waals surface area contributed by atoms with Crippen LogP contribution >= 0.6 is 0 Å². The van der Waals surface area contributed by atoms with Crippen molar-refractivity contribution in [3.63, 3.8) is 0 Å². The smallest absolute Gasteiger partial charge is 0.255 e. The van der Waals surface area contributed by atoms with Crippen molar-refractivity contribution in [2.24, 2.45) is 0 Å². The maximum atomic E-state index is 12.6. The van der Waals surface area contributed by atoms with Crippen LogP contribution < -0.4 is 10.1 Å². The molecule has 7 heteroatoms. The molecule has 2 aromatic carbocycles. The Morgan fingerprint density at radius 3 is 2.60 bits per heavy atom. The fourth-order valence-electron chi connectivity index (χ4n) is 2.51. The number of para-hydroxylation sites is 1. The first-order valence-electron chi connectivity index (χ1n) is 7.43. The van der Waals surface area contributed by atoms with Crippen molar-refractivity contribution in [3.05, 3.63) is 60.3 Å². The van der Waals surface area contributed by atoms with Crippen molar-refractivity contribution in [2.75, 3.05) is 18.7 Å². The molecule has 25 heavy (non-hydrogen) atoms. The molecule has 0 aliphatic carbocycles. The van der Waals surface area contributed by atoms with Crippen LogP contribution in [0.5, 0.6) is 5.75 Å². The number of benzene rings is 2. The number of methoxy groups -OCH3 is 1. The average molecular weight is 356 g/mol. The van der Waals surface area contributed by atoms with Gasteiger partial charge < -0.3 is 10.1 Å². The number of sulfone groups is 1. The molecule has 0 saturated heterocycles. The van der Waals surface area contributed by atoms with Gasteiger partial charge in [0.2, 0.25) is 0 Å². The molecule has 3 rings (SSSR count). The van der Waals surface area contributed by atoms with Gasteiger partial charge >= 0.3 is 0 Å². The van der Waals surface area contributed by atoms with Gasteiger partial charge in [-0.2, -0.15) is 0 Å². The van der Waals surface area contributed by atoms with E-state index in [9.17, 15) is 13.2 Å². The molecule has 1 N–H and O–H groups in total. The summed E-state index contributed by atoms with van der Waals surface area (Å²) >= 11 is 0. The maximum absolute atomic E-state index is 12.6. The first-order valence-corrected chi connectivity index (χ1v) is 9.32. The van der Waals surface area contributed by atoms with Gasteiger partial charge in [-0.15, -0.1) is 0 Å². The standard InChI is InChI=1S/C18H16N2O4S/c1-24-15-9-8-13(11-16(15)25(2,22)23)18(21)20-14-7-3-5-12-6-4-10-19-17(12)14/h3-11H,1-2H3,(H,20,21). The minimum atomic E-state index is -3.53. The highest BCUT2D eigenvalue weighted by molar-refractivity contribution is 7.90. The molecule has 0 aliphatic rings. The number of carbonyl (C=O) groups is 1. The van der Waals surface area contributed by atoms with Gasteiger partial charge in [-0.25, -0.2) is 8.42 Å². The second kappa shape index (κ2) is 6.52. The number of ether oxygens (including phenoxy) is 1. The Kier molecular flexibility index (Phi) is 4.41. The number of hydrogen-bond donors (Lipinski definition) is 1. The summed E-state index contributed by atoms with van der Waals surface area (Å²) in [5, 5.41) is 3.68. The van der Waals surface area contributed by atoms with Crippen LogP contribution in [0.25, 0.3) is 10.9 Å². The van der Waals surface area contributed by atoms with Gasteiger partial charge in [-0.1, -0.05) is 18.2 Å². The number of rotatable bonds is 4. The number of carbonyl (C=O) groups excluding carboxylic acids is 1. The predicted molar refractivity (Wildman–Crippen MR) is 95.8 cm³/mol. The summed E-state index contributed by atoms with van der Waals surface area (Å²) in [7, 11) is -2.15. The topological polar surface area (TPSA) is 85.4 Å². The fourth-order valence-corrected chi connectivity index (χ4v) is 3.37. The van der Waals surface area contributed by atoms with Gasteiger partial charge in [-0.05, 0) is 30.3 Å². The lowest BCUT2D eigenvalue weighted by atomic mass is 10.1. The summed E-state index contributed by atoms with van der Waals surface area (Å²) in [5.74, 6) is -0.225. The zero-order valence-electron chi connectivity index (χ0n) is 13.7. The van der Waals surface area contributed by atoms with Gasteiger partial charge in [0.05, 0.1) is 18.3 Å². The molecule has 0 spiro atoms. The average Bonchev–Trinajstić information content (AvgIpc) is 2.60. The molecule has 0 radical (unpaired) electrons. The maximum Gasteiger partial charge on any atom is 0.255 e. The van der Waals surface area contributed by atoms with Gasteiger partial charge in [0.15, 0.2) is 9.84 Å². The Labute approximate surface area is 145 Å². The summed E-state index contributed by atoms with van der Waals surface area (Å²) in [6, 6.07) is 13.5. The molecular formula is C18H16N2O4S. The van der Waals surface area contributed by atoms with Gasteiger partial charge in [-0.3, -0.25) is 9.78 Å². The highest BCUT2D eigenvalue weighted by atomic mass is 32.2. The monoisotopic (exact) mass is 356 g/mol. The lowest BCUT2D eigenvalue weighted by molar-refractivity contribution is 0.102. The minimum absolute atomic E-state index is 0.0290. The van der Waals surface area contributed by atoms with Crippen molar-refractivity contribution in [2.45, 2.75) is 4.90 Å². The third-order valence-electron chi connectivity index (χ3n) is 3.71. The summed E-state index contributed by atoms with van der Waals surface area (Å²) < 4.78 is 28.9. The number of anilines is 1. The van der Waals surface area contributed by atoms with E-state index in [1.165, 1.54) is 25.3 Å². The van der Waals surface area contributed by atoms with E-state index in [-0.39, 0.29) is 16.2 Å². The molecule has 3 aromatic rings. The molecule has 1 heterocycles. The van der Waals surface area contributed by atoms with Crippen LogP contribution in [-0.2, 0) is 9.84 Å². The van der Waals surface area contributed by atoms with Crippen LogP contribution in [0.2, 0.25) is 0 Å². The van der Waals surface area contributed by atoms with Crippen LogP contribution in [0, 0.1) is 0 Å². The molecule has 1 amide bonds. The van der Waals surface area contributed by atoms with Crippen LogP contribution in [-0.4, -0.2) is 32.7 Å². The van der Waals surface area contributed by atoms with E-state index < -0.39 is 15.7 Å². The fraction of sp³-hybridized carbons (Fsp3) is 0.111. The van der Waals surface area contributed by atoms with Crippen molar-refractivity contribution in [3.8, 4) is 5.75 Å². The summed E-state index contributed by atoms with van der Waals surface area (Å²) in [6.07, 6.45) is 2.72. The quantitative estimate of drug-likeness (QED) is 0.777. The molecule has 0 fully saturated rings. The third kappa shape index (κ3) is 3.46. The number of fused-ring (bicyclic) bond motifs is 1. The number of nitrogens with zero attached hydrogens (tertiary/aromatic N) is 1. The molecule has 0 saturated carbocycles. The molecule has 1 aromatic heterocycles. The number of aromatic nitrogens is 1. The normalized spacial score (nSPS) is 11.3.